The fraction of sp³-hybridized carbons (Fsp3) is 0.467. The van der Waals surface area contributed by atoms with E-state index in [1.165, 1.54) is 5.56 Å². The zero-order chi connectivity index (χ0) is 12.8. The number of methoxy groups -OCH3 is 1. The van der Waals surface area contributed by atoms with Crippen LogP contribution in [0.1, 0.15) is 18.0 Å². The average Bonchev–Trinajstić information content (AvgIpc) is 2.46. The zero-order valence-electron chi connectivity index (χ0n) is 11.9. The number of ether oxygens (including phenoxy) is 1. The summed E-state index contributed by atoms with van der Waals surface area (Å²) < 4.78 is 5.21. The van der Waals surface area contributed by atoms with Crippen LogP contribution >= 0.6 is 24.8 Å². The number of hydrogen-bond acceptors (Lipinski definition) is 3. The first-order valence-corrected chi connectivity index (χ1v) is 6.54. The predicted octanol–water partition coefficient (Wildman–Crippen LogP) is 3.06. The predicted molar refractivity (Wildman–Crippen MR) is 89.5 cm³/mol. The molecule has 0 spiro atoms. The first kappa shape index (κ1) is 19.3. The van der Waals surface area contributed by atoms with E-state index in [1.54, 1.807) is 7.11 Å². The number of nitrogens with one attached hydrogen (secondary N) is 1. The maximum Gasteiger partial charge on any atom is 0.118 e. The Balaban J connectivity index is 0.00000180. The number of benzene rings is 1. The highest BCUT2D eigenvalue weighted by Crippen LogP contribution is 2.26. The monoisotopic (exact) mass is 318 g/mol. The SMILES string of the molecule is C=CC[C@H](c1ccc(OC)cc1)N1CCNCC1.Cl.Cl. The van der Waals surface area contributed by atoms with Crippen molar-refractivity contribution in [3.63, 3.8) is 0 Å². The number of nitrogens with zero attached hydrogens (tertiary/aromatic N) is 1. The zero-order valence-corrected chi connectivity index (χ0v) is 13.5. The highest BCUT2D eigenvalue weighted by atomic mass is 35.5. The lowest BCUT2D eigenvalue weighted by atomic mass is 10.0. The third-order valence-corrected chi connectivity index (χ3v) is 3.48. The molecular weight excluding hydrogens is 295 g/mol. The van der Waals surface area contributed by atoms with E-state index < -0.39 is 0 Å². The van der Waals surface area contributed by atoms with Crippen LogP contribution in [-0.2, 0) is 0 Å². The maximum atomic E-state index is 5.21. The van der Waals surface area contributed by atoms with E-state index in [0.717, 1.165) is 38.3 Å². The number of hydrogen-bond donors (Lipinski definition) is 1. The van der Waals surface area contributed by atoms with Crippen molar-refractivity contribution in [2.24, 2.45) is 0 Å². The summed E-state index contributed by atoms with van der Waals surface area (Å²) in [4.78, 5) is 2.53. The average molecular weight is 319 g/mol. The van der Waals surface area contributed by atoms with Gasteiger partial charge in [-0.2, -0.15) is 0 Å². The van der Waals surface area contributed by atoms with Crippen LogP contribution in [0.15, 0.2) is 36.9 Å². The summed E-state index contributed by atoms with van der Waals surface area (Å²) in [5.41, 5.74) is 1.35. The molecule has 1 atom stereocenters. The van der Waals surface area contributed by atoms with Gasteiger partial charge in [0.1, 0.15) is 5.75 Å². The van der Waals surface area contributed by atoms with Gasteiger partial charge in [-0.3, -0.25) is 4.90 Å². The third-order valence-electron chi connectivity index (χ3n) is 3.48. The summed E-state index contributed by atoms with van der Waals surface area (Å²) in [5.74, 6) is 0.913. The molecule has 1 saturated heterocycles. The van der Waals surface area contributed by atoms with Gasteiger partial charge in [-0.25, -0.2) is 0 Å². The fourth-order valence-corrected chi connectivity index (χ4v) is 2.47. The van der Waals surface area contributed by atoms with E-state index in [1.807, 2.05) is 18.2 Å². The Kier molecular flexibility index (Phi) is 9.68. The van der Waals surface area contributed by atoms with E-state index in [4.69, 9.17) is 4.74 Å². The summed E-state index contributed by atoms with van der Waals surface area (Å²) in [7, 11) is 1.70. The van der Waals surface area contributed by atoms with Gasteiger partial charge in [-0.15, -0.1) is 31.4 Å². The van der Waals surface area contributed by atoms with Gasteiger partial charge in [0.15, 0.2) is 0 Å². The van der Waals surface area contributed by atoms with E-state index in [9.17, 15) is 0 Å². The summed E-state index contributed by atoms with van der Waals surface area (Å²) in [5, 5.41) is 3.39. The van der Waals surface area contributed by atoms with Gasteiger partial charge in [0.2, 0.25) is 0 Å². The highest BCUT2D eigenvalue weighted by molar-refractivity contribution is 5.85. The van der Waals surface area contributed by atoms with E-state index in [-0.39, 0.29) is 24.8 Å². The molecule has 1 aromatic carbocycles. The normalized spacial score (nSPS) is 16.4. The molecular formula is C15H24Cl2N2O. The molecule has 0 amide bonds. The molecule has 1 aliphatic heterocycles. The second-order valence-electron chi connectivity index (χ2n) is 4.60. The Labute approximate surface area is 134 Å². The van der Waals surface area contributed by atoms with Crippen molar-refractivity contribution >= 4 is 24.8 Å². The van der Waals surface area contributed by atoms with Crippen molar-refractivity contribution in [3.05, 3.63) is 42.5 Å². The number of piperazine rings is 1. The van der Waals surface area contributed by atoms with E-state index >= 15 is 0 Å². The maximum absolute atomic E-state index is 5.21. The molecule has 5 heteroatoms. The smallest absolute Gasteiger partial charge is 0.118 e. The Morgan fingerprint density at radius 3 is 2.35 bits per heavy atom. The molecule has 3 nitrogen and oxygen atoms in total. The lowest BCUT2D eigenvalue weighted by Crippen LogP contribution is -2.45. The molecule has 0 unspecified atom stereocenters. The van der Waals surface area contributed by atoms with Crippen molar-refractivity contribution in [3.8, 4) is 5.75 Å². The number of rotatable bonds is 5. The molecule has 1 heterocycles. The Bertz CT molecular complexity index is 378. The summed E-state index contributed by atoms with van der Waals surface area (Å²) in [6.45, 7) is 8.24. The lowest BCUT2D eigenvalue weighted by Gasteiger charge is -2.34. The first-order valence-electron chi connectivity index (χ1n) is 6.54. The fourth-order valence-electron chi connectivity index (χ4n) is 2.47. The van der Waals surface area contributed by atoms with Gasteiger partial charge in [-0.05, 0) is 24.1 Å². The second-order valence-corrected chi connectivity index (χ2v) is 4.60. The van der Waals surface area contributed by atoms with Crippen LogP contribution in [0.2, 0.25) is 0 Å². The Morgan fingerprint density at radius 1 is 1.25 bits per heavy atom. The molecule has 0 saturated carbocycles. The highest BCUT2D eigenvalue weighted by Gasteiger charge is 2.20. The van der Waals surface area contributed by atoms with Gasteiger partial charge in [-0.1, -0.05) is 18.2 Å². The minimum absolute atomic E-state index is 0. The van der Waals surface area contributed by atoms with Crippen LogP contribution in [0.4, 0.5) is 0 Å². The molecule has 20 heavy (non-hydrogen) atoms. The van der Waals surface area contributed by atoms with Gasteiger partial charge in [0, 0.05) is 32.2 Å². The minimum atomic E-state index is 0. The molecule has 114 valence electrons. The van der Waals surface area contributed by atoms with E-state index in [2.05, 4.69) is 28.9 Å². The summed E-state index contributed by atoms with van der Waals surface area (Å²) >= 11 is 0. The van der Waals surface area contributed by atoms with Crippen molar-refractivity contribution in [2.75, 3.05) is 33.3 Å². The van der Waals surface area contributed by atoms with Crippen molar-refractivity contribution < 1.29 is 4.74 Å². The number of halogens is 2. The van der Waals surface area contributed by atoms with Crippen LogP contribution < -0.4 is 10.1 Å². The minimum Gasteiger partial charge on any atom is -0.497 e. The van der Waals surface area contributed by atoms with Crippen LogP contribution in [-0.4, -0.2) is 38.2 Å². The molecule has 0 aliphatic carbocycles. The summed E-state index contributed by atoms with van der Waals surface area (Å²) in [6.07, 6.45) is 3.00. The van der Waals surface area contributed by atoms with Crippen LogP contribution in [0, 0.1) is 0 Å². The van der Waals surface area contributed by atoms with Crippen molar-refractivity contribution in [2.45, 2.75) is 12.5 Å². The molecule has 1 aliphatic rings. The second kappa shape index (κ2) is 10.1. The van der Waals surface area contributed by atoms with Crippen molar-refractivity contribution in [1.82, 2.24) is 10.2 Å². The topological polar surface area (TPSA) is 24.5 Å². The lowest BCUT2D eigenvalue weighted by molar-refractivity contribution is 0.174. The first-order chi connectivity index (χ1) is 8.85. The molecule has 2 rings (SSSR count). The van der Waals surface area contributed by atoms with Gasteiger partial charge < -0.3 is 10.1 Å². The van der Waals surface area contributed by atoms with Crippen LogP contribution in [0.25, 0.3) is 0 Å². The molecule has 1 aromatic rings. The van der Waals surface area contributed by atoms with Crippen LogP contribution in [0.3, 0.4) is 0 Å². The van der Waals surface area contributed by atoms with Gasteiger partial charge >= 0.3 is 0 Å². The Hall–Kier alpha value is -0.740. The van der Waals surface area contributed by atoms with Crippen LogP contribution in [0.5, 0.6) is 5.75 Å². The summed E-state index contributed by atoms with van der Waals surface area (Å²) in [6, 6.07) is 8.83. The molecule has 0 radical (unpaired) electrons. The largest absolute Gasteiger partial charge is 0.497 e. The van der Waals surface area contributed by atoms with E-state index in [0.29, 0.717) is 6.04 Å². The van der Waals surface area contributed by atoms with Gasteiger partial charge in [0.25, 0.3) is 0 Å². The standard InChI is InChI=1S/C15H22N2O.2ClH/c1-3-4-15(17-11-9-16-10-12-17)13-5-7-14(18-2)8-6-13;;/h3,5-8,15-16H,1,4,9-12H2,2H3;2*1H/t15-;;/m1../s1. The quantitative estimate of drug-likeness (QED) is 0.844. The van der Waals surface area contributed by atoms with Crippen molar-refractivity contribution in [1.29, 1.82) is 0 Å². The molecule has 1 N–H and O–H groups in total. The molecule has 0 aromatic heterocycles. The Morgan fingerprint density at radius 2 is 1.85 bits per heavy atom. The molecule has 1 fully saturated rings. The van der Waals surface area contributed by atoms with Gasteiger partial charge in [0.05, 0.1) is 7.11 Å². The molecule has 0 bridgehead atoms. The third kappa shape index (κ3) is 4.98.